The molecule has 0 aliphatic heterocycles. The zero-order valence-electron chi connectivity index (χ0n) is 15.3. The Hall–Kier alpha value is -1.55. The molecule has 0 spiro atoms. The summed E-state index contributed by atoms with van der Waals surface area (Å²) in [4.78, 5) is 23.7. The molecular formula is C19H29ClN2O2. The van der Waals surface area contributed by atoms with Crippen LogP contribution in [0.2, 0.25) is 5.02 Å². The molecule has 0 aliphatic carbocycles. The lowest BCUT2D eigenvalue weighted by Gasteiger charge is -2.26. The average Bonchev–Trinajstić information content (AvgIpc) is 2.48. The van der Waals surface area contributed by atoms with Crippen molar-refractivity contribution >= 4 is 23.4 Å². The smallest absolute Gasteiger partial charge is 0.225 e. The van der Waals surface area contributed by atoms with E-state index < -0.39 is 5.41 Å². The van der Waals surface area contributed by atoms with Gasteiger partial charge in [0.05, 0.1) is 0 Å². The van der Waals surface area contributed by atoms with Crippen LogP contribution in [0.3, 0.4) is 0 Å². The highest BCUT2D eigenvalue weighted by Crippen LogP contribution is 2.24. The van der Waals surface area contributed by atoms with Gasteiger partial charge in [-0.15, -0.1) is 0 Å². The zero-order valence-corrected chi connectivity index (χ0v) is 16.1. The minimum absolute atomic E-state index is 0.00453. The van der Waals surface area contributed by atoms with Crippen LogP contribution in [0.25, 0.3) is 0 Å². The molecule has 4 nitrogen and oxygen atoms in total. The summed E-state index contributed by atoms with van der Waals surface area (Å²) >= 11 is 6.03. The van der Waals surface area contributed by atoms with Gasteiger partial charge in [-0.3, -0.25) is 9.59 Å². The summed E-state index contributed by atoms with van der Waals surface area (Å²) < 4.78 is 0. The highest BCUT2D eigenvalue weighted by molar-refractivity contribution is 6.30. The van der Waals surface area contributed by atoms with E-state index in [9.17, 15) is 9.59 Å². The maximum atomic E-state index is 12.0. The molecular weight excluding hydrogens is 324 g/mol. The van der Waals surface area contributed by atoms with E-state index in [4.69, 9.17) is 11.6 Å². The van der Waals surface area contributed by atoms with E-state index in [-0.39, 0.29) is 17.2 Å². The Morgan fingerprint density at radius 1 is 1.08 bits per heavy atom. The Kier molecular flexibility index (Phi) is 7.27. The molecule has 5 heteroatoms. The van der Waals surface area contributed by atoms with E-state index in [0.29, 0.717) is 31.0 Å². The third-order valence-corrected chi connectivity index (χ3v) is 4.12. The standard InChI is InChI=1S/C19H29ClN2O2/c1-18(2,3)17(24)21-11-7-10-16(23)22-13-19(4,5)14-8-6-9-15(20)12-14/h6,8-9,12H,7,10-11,13H2,1-5H3,(H,21,24)(H,22,23). The van der Waals surface area contributed by atoms with Crippen LogP contribution in [0.4, 0.5) is 0 Å². The second-order valence-corrected chi connectivity index (χ2v) is 8.22. The van der Waals surface area contributed by atoms with Crippen LogP contribution in [-0.2, 0) is 15.0 Å². The number of hydrogen-bond acceptors (Lipinski definition) is 2. The number of carbonyl (C=O) groups excluding carboxylic acids is 2. The van der Waals surface area contributed by atoms with E-state index in [1.54, 1.807) is 0 Å². The highest BCUT2D eigenvalue weighted by Gasteiger charge is 2.22. The Labute approximate surface area is 150 Å². The SMILES string of the molecule is CC(C)(C)C(=O)NCCCC(=O)NCC(C)(C)c1cccc(Cl)c1. The minimum Gasteiger partial charge on any atom is -0.356 e. The second-order valence-electron chi connectivity index (χ2n) is 7.78. The molecule has 0 heterocycles. The molecule has 0 saturated heterocycles. The summed E-state index contributed by atoms with van der Waals surface area (Å²) in [7, 11) is 0. The number of benzene rings is 1. The van der Waals surface area contributed by atoms with Crippen LogP contribution < -0.4 is 10.6 Å². The fraction of sp³-hybridized carbons (Fsp3) is 0.579. The quantitative estimate of drug-likeness (QED) is 0.735. The molecule has 0 saturated carbocycles. The number of amides is 2. The molecule has 0 fully saturated rings. The normalized spacial score (nSPS) is 11.9. The monoisotopic (exact) mass is 352 g/mol. The van der Waals surface area contributed by atoms with Crippen LogP contribution in [0.5, 0.6) is 0 Å². The van der Waals surface area contributed by atoms with Gasteiger partial charge in [0.1, 0.15) is 0 Å². The first kappa shape index (κ1) is 20.5. The molecule has 1 aromatic rings. The Balaban J connectivity index is 2.34. The molecule has 0 unspecified atom stereocenters. The molecule has 1 aromatic carbocycles. The van der Waals surface area contributed by atoms with Gasteiger partial charge in [-0.05, 0) is 24.1 Å². The van der Waals surface area contributed by atoms with Gasteiger partial charge in [0.25, 0.3) is 0 Å². The highest BCUT2D eigenvalue weighted by atomic mass is 35.5. The second kappa shape index (κ2) is 8.52. The largest absolute Gasteiger partial charge is 0.356 e. The molecule has 0 radical (unpaired) electrons. The Morgan fingerprint density at radius 3 is 2.33 bits per heavy atom. The van der Waals surface area contributed by atoms with Gasteiger partial charge in [-0.25, -0.2) is 0 Å². The lowest BCUT2D eigenvalue weighted by Crippen LogP contribution is -2.38. The first-order valence-corrected chi connectivity index (χ1v) is 8.71. The molecule has 0 bridgehead atoms. The summed E-state index contributed by atoms with van der Waals surface area (Å²) in [6.07, 6.45) is 1.03. The van der Waals surface area contributed by atoms with Crippen LogP contribution in [0, 0.1) is 5.41 Å². The van der Waals surface area contributed by atoms with Crippen molar-refractivity contribution in [3.8, 4) is 0 Å². The van der Waals surface area contributed by atoms with Crippen molar-refractivity contribution in [2.75, 3.05) is 13.1 Å². The summed E-state index contributed by atoms with van der Waals surface area (Å²) in [6, 6.07) is 7.69. The number of nitrogens with one attached hydrogen (secondary N) is 2. The number of hydrogen-bond donors (Lipinski definition) is 2. The lowest BCUT2D eigenvalue weighted by atomic mass is 9.84. The van der Waals surface area contributed by atoms with Gasteiger partial charge in [-0.2, -0.15) is 0 Å². The fourth-order valence-corrected chi connectivity index (χ4v) is 2.33. The molecule has 0 aliphatic rings. The Bertz CT molecular complexity index is 577. The van der Waals surface area contributed by atoms with Crippen LogP contribution in [-0.4, -0.2) is 24.9 Å². The van der Waals surface area contributed by atoms with Crippen LogP contribution in [0.15, 0.2) is 24.3 Å². The van der Waals surface area contributed by atoms with E-state index in [1.807, 2.05) is 45.0 Å². The molecule has 2 amide bonds. The van der Waals surface area contributed by atoms with Crippen molar-refractivity contribution in [2.24, 2.45) is 5.41 Å². The molecule has 1 rings (SSSR count). The maximum Gasteiger partial charge on any atom is 0.225 e. The summed E-state index contributed by atoms with van der Waals surface area (Å²) in [6.45, 7) is 10.8. The Morgan fingerprint density at radius 2 is 1.75 bits per heavy atom. The summed E-state index contributed by atoms with van der Waals surface area (Å²) in [5, 5.41) is 6.51. The van der Waals surface area contributed by atoms with Crippen molar-refractivity contribution in [2.45, 2.75) is 52.9 Å². The van der Waals surface area contributed by atoms with Crippen LogP contribution in [0.1, 0.15) is 53.0 Å². The van der Waals surface area contributed by atoms with Crippen molar-refractivity contribution in [1.29, 1.82) is 0 Å². The van der Waals surface area contributed by atoms with Gasteiger partial charge < -0.3 is 10.6 Å². The topological polar surface area (TPSA) is 58.2 Å². The van der Waals surface area contributed by atoms with E-state index >= 15 is 0 Å². The van der Waals surface area contributed by atoms with Gasteiger partial charge in [0, 0.05) is 35.4 Å². The maximum absolute atomic E-state index is 12.0. The van der Waals surface area contributed by atoms with Gasteiger partial charge in [-0.1, -0.05) is 58.4 Å². The number of halogens is 1. The number of rotatable bonds is 7. The van der Waals surface area contributed by atoms with Crippen LogP contribution >= 0.6 is 11.6 Å². The number of carbonyl (C=O) groups is 2. The molecule has 0 aromatic heterocycles. The average molecular weight is 353 g/mol. The summed E-state index contributed by atoms with van der Waals surface area (Å²) in [5.74, 6) is 0.000100. The van der Waals surface area contributed by atoms with Gasteiger partial charge in [0.2, 0.25) is 11.8 Å². The predicted octanol–water partition coefficient (Wildman–Crippen LogP) is 3.68. The fourth-order valence-electron chi connectivity index (χ4n) is 2.14. The molecule has 24 heavy (non-hydrogen) atoms. The molecule has 0 atom stereocenters. The molecule has 134 valence electrons. The first-order valence-electron chi connectivity index (χ1n) is 8.33. The van der Waals surface area contributed by atoms with Crippen molar-refractivity contribution in [3.05, 3.63) is 34.9 Å². The summed E-state index contributed by atoms with van der Waals surface area (Å²) in [5.41, 5.74) is 0.497. The van der Waals surface area contributed by atoms with Gasteiger partial charge in [0.15, 0.2) is 0 Å². The molecule has 2 N–H and O–H groups in total. The van der Waals surface area contributed by atoms with Crippen molar-refractivity contribution < 1.29 is 9.59 Å². The van der Waals surface area contributed by atoms with E-state index in [2.05, 4.69) is 24.5 Å². The van der Waals surface area contributed by atoms with E-state index in [1.165, 1.54) is 0 Å². The van der Waals surface area contributed by atoms with E-state index in [0.717, 1.165) is 5.56 Å². The van der Waals surface area contributed by atoms with Crippen molar-refractivity contribution in [3.63, 3.8) is 0 Å². The van der Waals surface area contributed by atoms with Crippen molar-refractivity contribution in [1.82, 2.24) is 10.6 Å². The minimum atomic E-state index is -0.400. The third kappa shape index (κ3) is 6.91. The van der Waals surface area contributed by atoms with Gasteiger partial charge >= 0.3 is 0 Å². The zero-order chi connectivity index (χ0) is 18.4. The lowest BCUT2D eigenvalue weighted by molar-refractivity contribution is -0.128. The first-order chi connectivity index (χ1) is 11.0. The predicted molar refractivity (Wildman–Crippen MR) is 99.2 cm³/mol. The third-order valence-electron chi connectivity index (χ3n) is 3.88.